The molecule has 126 valence electrons. The topological polar surface area (TPSA) is 61.4 Å². The highest BCUT2D eigenvalue weighted by Gasteiger charge is 2.16. The third kappa shape index (κ3) is 4.43. The van der Waals surface area contributed by atoms with Gasteiger partial charge in [-0.2, -0.15) is 0 Å². The Morgan fingerprint density at radius 2 is 1.88 bits per heavy atom. The molecule has 0 saturated carbocycles. The SMILES string of the molecule is CN1CCN(c2cc(NC(=O)Cc3ccc(Cl)cc3)ncn2)CC1. The standard InChI is InChI=1S/C17H20ClN5O/c1-22-6-8-23(9-7-22)16-11-15(19-12-20-16)21-17(24)10-13-2-4-14(18)5-3-13/h2-5,11-12H,6-10H2,1H3,(H,19,20,21,24). The summed E-state index contributed by atoms with van der Waals surface area (Å²) in [6.07, 6.45) is 1.77. The van der Waals surface area contributed by atoms with E-state index in [9.17, 15) is 4.79 Å². The van der Waals surface area contributed by atoms with E-state index >= 15 is 0 Å². The number of aromatic nitrogens is 2. The van der Waals surface area contributed by atoms with Gasteiger partial charge in [0, 0.05) is 37.3 Å². The molecule has 1 N–H and O–H groups in total. The molecule has 24 heavy (non-hydrogen) atoms. The number of nitrogens with one attached hydrogen (secondary N) is 1. The normalized spacial score (nSPS) is 15.3. The predicted molar refractivity (Wildman–Crippen MR) is 95.5 cm³/mol. The van der Waals surface area contributed by atoms with Gasteiger partial charge in [0.2, 0.25) is 5.91 Å². The average molecular weight is 346 g/mol. The number of benzene rings is 1. The molecule has 0 spiro atoms. The van der Waals surface area contributed by atoms with Gasteiger partial charge in [0.1, 0.15) is 18.0 Å². The number of hydrogen-bond acceptors (Lipinski definition) is 5. The van der Waals surface area contributed by atoms with Crippen LogP contribution in [0.2, 0.25) is 5.02 Å². The van der Waals surface area contributed by atoms with Crippen LogP contribution >= 0.6 is 11.6 Å². The molecule has 1 amide bonds. The van der Waals surface area contributed by atoms with Crippen LogP contribution in [0.15, 0.2) is 36.7 Å². The second-order valence-electron chi connectivity index (χ2n) is 5.90. The number of likely N-dealkylation sites (N-methyl/N-ethyl adjacent to an activating group) is 1. The largest absolute Gasteiger partial charge is 0.354 e. The molecule has 7 heteroatoms. The van der Waals surface area contributed by atoms with Crippen molar-refractivity contribution in [2.24, 2.45) is 0 Å². The minimum atomic E-state index is -0.111. The molecule has 0 aliphatic carbocycles. The van der Waals surface area contributed by atoms with Gasteiger partial charge in [-0.1, -0.05) is 23.7 Å². The van der Waals surface area contributed by atoms with E-state index in [1.54, 1.807) is 12.1 Å². The maximum atomic E-state index is 12.2. The van der Waals surface area contributed by atoms with Crippen LogP contribution in [0.3, 0.4) is 0 Å². The van der Waals surface area contributed by atoms with Crippen molar-refractivity contribution in [2.45, 2.75) is 6.42 Å². The quantitative estimate of drug-likeness (QED) is 0.919. The summed E-state index contributed by atoms with van der Waals surface area (Å²) >= 11 is 5.85. The monoisotopic (exact) mass is 345 g/mol. The number of rotatable bonds is 4. The van der Waals surface area contributed by atoms with Crippen LogP contribution in [0.1, 0.15) is 5.56 Å². The zero-order valence-corrected chi connectivity index (χ0v) is 14.3. The summed E-state index contributed by atoms with van der Waals surface area (Å²) in [5.41, 5.74) is 0.908. The maximum absolute atomic E-state index is 12.2. The van der Waals surface area contributed by atoms with Crippen molar-refractivity contribution in [1.29, 1.82) is 0 Å². The lowest BCUT2D eigenvalue weighted by atomic mass is 10.1. The van der Waals surface area contributed by atoms with Gasteiger partial charge in [-0.15, -0.1) is 0 Å². The molecular weight excluding hydrogens is 326 g/mol. The summed E-state index contributed by atoms with van der Waals surface area (Å²) in [4.78, 5) is 25.1. The Balaban J connectivity index is 1.61. The smallest absolute Gasteiger partial charge is 0.229 e. The predicted octanol–water partition coefficient (Wildman–Crippen LogP) is 2.06. The lowest BCUT2D eigenvalue weighted by Gasteiger charge is -2.33. The van der Waals surface area contributed by atoms with Crippen LogP contribution in [0.4, 0.5) is 11.6 Å². The summed E-state index contributed by atoms with van der Waals surface area (Å²) < 4.78 is 0. The first-order chi connectivity index (χ1) is 11.6. The molecule has 0 unspecified atom stereocenters. The number of anilines is 2. The van der Waals surface area contributed by atoms with Crippen LogP contribution in [-0.2, 0) is 11.2 Å². The van der Waals surface area contributed by atoms with E-state index < -0.39 is 0 Å². The van der Waals surface area contributed by atoms with Crippen LogP contribution in [0, 0.1) is 0 Å². The van der Waals surface area contributed by atoms with Crippen molar-refractivity contribution < 1.29 is 4.79 Å². The molecule has 3 rings (SSSR count). The van der Waals surface area contributed by atoms with Crippen LogP contribution in [0.25, 0.3) is 0 Å². The number of amides is 1. The van der Waals surface area contributed by atoms with Gasteiger partial charge >= 0.3 is 0 Å². The van der Waals surface area contributed by atoms with Gasteiger partial charge in [0.15, 0.2) is 0 Å². The van der Waals surface area contributed by atoms with Crippen molar-refractivity contribution in [3.63, 3.8) is 0 Å². The van der Waals surface area contributed by atoms with Crippen molar-refractivity contribution in [1.82, 2.24) is 14.9 Å². The molecule has 1 aliphatic heterocycles. The van der Waals surface area contributed by atoms with Gasteiger partial charge in [-0.05, 0) is 24.7 Å². The van der Waals surface area contributed by atoms with E-state index in [2.05, 4.69) is 32.1 Å². The third-order valence-electron chi connectivity index (χ3n) is 4.03. The van der Waals surface area contributed by atoms with Gasteiger partial charge < -0.3 is 15.1 Å². The summed E-state index contributed by atoms with van der Waals surface area (Å²) in [5, 5.41) is 3.49. The molecule has 1 saturated heterocycles. The molecular formula is C17H20ClN5O. The molecule has 1 aromatic heterocycles. The van der Waals surface area contributed by atoms with E-state index in [0.717, 1.165) is 37.6 Å². The summed E-state index contributed by atoms with van der Waals surface area (Å²) in [7, 11) is 2.11. The van der Waals surface area contributed by atoms with Crippen molar-refractivity contribution in [3.8, 4) is 0 Å². The Hall–Kier alpha value is -2.18. The molecule has 0 atom stereocenters. The Bertz CT molecular complexity index is 698. The Kier molecular flexibility index (Phi) is 5.27. The molecule has 2 aromatic rings. The molecule has 0 bridgehead atoms. The Morgan fingerprint density at radius 1 is 1.17 bits per heavy atom. The lowest BCUT2D eigenvalue weighted by Crippen LogP contribution is -2.44. The Morgan fingerprint density at radius 3 is 2.58 bits per heavy atom. The second kappa shape index (κ2) is 7.59. The van der Waals surface area contributed by atoms with Crippen LogP contribution in [0.5, 0.6) is 0 Å². The average Bonchev–Trinajstić information content (AvgIpc) is 2.58. The highest BCUT2D eigenvalue weighted by atomic mass is 35.5. The molecule has 6 nitrogen and oxygen atoms in total. The van der Waals surface area contributed by atoms with Gasteiger partial charge in [-0.3, -0.25) is 4.79 Å². The first-order valence-corrected chi connectivity index (χ1v) is 8.28. The molecule has 1 aliphatic rings. The second-order valence-corrected chi connectivity index (χ2v) is 6.34. The third-order valence-corrected chi connectivity index (χ3v) is 4.28. The number of hydrogen-bond donors (Lipinski definition) is 1. The molecule has 0 radical (unpaired) electrons. The summed E-state index contributed by atoms with van der Waals surface area (Å²) in [6.45, 7) is 3.85. The lowest BCUT2D eigenvalue weighted by molar-refractivity contribution is -0.115. The summed E-state index contributed by atoms with van der Waals surface area (Å²) in [5.74, 6) is 1.26. The zero-order valence-electron chi connectivity index (χ0n) is 13.6. The fraction of sp³-hybridized carbons (Fsp3) is 0.353. The van der Waals surface area contributed by atoms with Crippen molar-refractivity contribution >= 4 is 29.1 Å². The van der Waals surface area contributed by atoms with E-state index in [4.69, 9.17) is 11.6 Å². The van der Waals surface area contributed by atoms with Gasteiger partial charge in [0.25, 0.3) is 0 Å². The fourth-order valence-electron chi connectivity index (χ4n) is 2.60. The van der Waals surface area contributed by atoms with Crippen molar-refractivity contribution in [2.75, 3.05) is 43.4 Å². The van der Waals surface area contributed by atoms with E-state index in [0.29, 0.717) is 10.8 Å². The van der Waals surface area contributed by atoms with E-state index in [1.807, 2.05) is 18.2 Å². The maximum Gasteiger partial charge on any atom is 0.229 e. The summed E-state index contributed by atoms with van der Waals surface area (Å²) in [6, 6.07) is 9.07. The van der Waals surface area contributed by atoms with Gasteiger partial charge in [0.05, 0.1) is 6.42 Å². The number of halogens is 1. The highest BCUT2D eigenvalue weighted by Crippen LogP contribution is 2.16. The zero-order chi connectivity index (χ0) is 16.9. The first kappa shape index (κ1) is 16.7. The number of piperazine rings is 1. The van der Waals surface area contributed by atoms with Crippen molar-refractivity contribution in [3.05, 3.63) is 47.2 Å². The minimum Gasteiger partial charge on any atom is -0.354 e. The fourth-order valence-corrected chi connectivity index (χ4v) is 2.72. The van der Waals surface area contributed by atoms with E-state index in [-0.39, 0.29) is 12.3 Å². The highest BCUT2D eigenvalue weighted by molar-refractivity contribution is 6.30. The molecule has 1 aromatic carbocycles. The first-order valence-electron chi connectivity index (χ1n) is 7.90. The number of nitrogens with zero attached hydrogens (tertiary/aromatic N) is 4. The number of carbonyl (C=O) groups is 1. The minimum absolute atomic E-state index is 0.111. The van der Waals surface area contributed by atoms with E-state index in [1.165, 1.54) is 6.33 Å². The molecule has 1 fully saturated rings. The number of carbonyl (C=O) groups excluding carboxylic acids is 1. The van der Waals surface area contributed by atoms with Crippen LogP contribution < -0.4 is 10.2 Å². The molecule has 2 heterocycles. The van der Waals surface area contributed by atoms with Crippen LogP contribution in [-0.4, -0.2) is 54.0 Å². The Labute approximate surface area is 146 Å². The van der Waals surface area contributed by atoms with Gasteiger partial charge in [-0.25, -0.2) is 9.97 Å².